The molecule has 2 aliphatic rings. The second-order valence-corrected chi connectivity index (χ2v) is 9.91. The van der Waals surface area contributed by atoms with Gasteiger partial charge >= 0.3 is 6.18 Å². The van der Waals surface area contributed by atoms with Crippen molar-refractivity contribution in [2.75, 3.05) is 0 Å². The number of benzene rings is 1. The standard InChI is InChI=1S/C26H38F4/c1-2-3-4-5-19-8-13-22(14-9-19)23-15-10-20(11-16-23)6-7-21-12-17-25(27)24(18-21)26(28,29)30/h12,17-20,22-23H,2-11,13-16H2,1H3. The summed E-state index contributed by atoms with van der Waals surface area (Å²) in [5.74, 6) is 2.15. The van der Waals surface area contributed by atoms with Gasteiger partial charge in [0.05, 0.1) is 5.56 Å². The average molecular weight is 427 g/mol. The summed E-state index contributed by atoms with van der Waals surface area (Å²) >= 11 is 0. The Morgan fingerprint density at radius 2 is 1.37 bits per heavy atom. The van der Waals surface area contributed by atoms with Crippen molar-refractivity contribution in [3.63, 3.8) is 0 Å². The van der Waals surface area contributed by atoms with Crippen LogP contribution in [-0.2, 0) is 12.6 Å². The summed E-state index contributed by atoms with van der Waals surface area (Å²) in [6.07, 6.45) is 13.0. The molecule has 2 fully saturated rings. The fourth-order valence-electron chi connectivity index (χ4n) is 5.90. The molecule has 2 saturated carbocycles. The lowest BCUT2D eigenvalue weighted by Crippen LogP contribution is -2.26. The van der Waals surface area contributed by atoms with Gasteiger partial charge in [-0.1, -0.05) is 64.4 Å². The average Bonchev–Trinajstić information content (AvgIpc) is 2.73. The molecule has 0 aromatic heterocycles. The maximum atomic E-state index is 13.5. The van der Waals surface area contributed by atoms with E-state index in [1.165, 1.54) is 83.1 Å². The molecular weight excluding hydrogens is 388 g/mol. The van der Waals surface area contributed by atoms with Gasteiger partial charge in [0.1, 0.15) is 5.82 Å². The first-order valence-electron chi connectivity index (χ1n) is 12.2. The molecule has 1 aromatic rings. The van der Waals surface area contributed by atoms with Crippen LogP contribution in [0.1, 0.15) is 102 Å². The summed E-state index contributed by atoms with van der Waals surface area (Å²) in [6, 6.07) is 3.47. The van der Waals surface area contributed by atoms with Crippen LogP contribution in [0.2, 0.25) is 0 Å². The third kappa shape index (κ3) is 6.72. The number of aryl methyl sites for hydroxylation is 1. The second kappa shape index (κ2) is 11.0. The number of unbranched alkanes of at least 4 members (excludes halogenated alkanes) is 2. The van der Waals surface area contributed by atoms with Crippen LogP contribution >= 0.6 is 0 Å². The highest BCUT2D eigenvalue weighted by Gasteiger charge is 2.34. The van der Waals surface area contributed by atoms with E-state index in [4.69, 9.17) is 0 Å². The van der Waals surface area contributed by atoms with E-state index in [0.29, 0.717) is 17.9 Å². The Bertz CT molecular complexity index is 635. The molecule has 1 aromatic carbocycles. The summed E-state index contributed by atoms with van der Waals surface area (Å²) in [5, 5.41) is 0. The minimum Gasteiger partial charge on any atom is -0.206 e. The molecule has 170 valence electrons. The lowest BCUT2D eigenvalue weighted by molar-refractivity contribution is -0.140. The SMILES string of the molecule is CCCCCC1CCC(C2CCC(CCc3ccc(F)c(C(F)(F)F)c3)CC2)CC1. The van der Waals surface area contributed by atoms with Crippen molar-refractivity contribution in [3.8, 4) is 0 Å². The fourth-order valence-corrected chi connectivity index (χ4v) is 5.90. The first-order chi connectivity index (χ1) is 14.4. The van der Waals surface area contributed by atoms with Crippen LogP contribution in [0.5, 0.6) is 0 Å². The maximum Gasteiger partial charge on any atom is 0.419 e. The van der Waals surface area contributed by atoms with Crippen molar-refractivity contribution in [2.45, 2.75) is 103 Å². The van der Waals surface area contributed by atoms with Gasteiger partial charge in [-0.15, -0.1) is 0 Å². The largest absolute Gasteiger partial charge is 0.419 e. The van der Waals surface area contributed by atoms with E-state index in [2.05, 4.69) is 6.92 Å². The molecule has 0 nitrogen and oxygen atoms in total. The number of hydrogen-bond acceptors (Lipinski definition) is 0. The third-order valence-corrected chi connectivity index (χ3v) is 7.84. The Kier molecular flexibility index (Phi) is 8.65. The summed E-state index contributed by atoms with van der Waals surface area (Å²) in [4.78, 5) is 0. The smallest absolute Gasteiger partial charge is 0.206 e. The van der Waals surface area contributed by atoms with Crippen molar-refractivity contribution in [3.05, 3.63) is 35.1 Å². The van der Waals surface area contributed by atoms with Gasteiger partial charge in [-0.25, -0.2) is 4.39 Å². The molecule has 0 atom stereocenters. The zero-order valence-electron chi connectivity index (χ0n) is 18.5. The summed E-state index contributed by atoms with van der Waals surface area (Å²) in [7, 11) is 0. The number of hydrogen-bond donors (Lipinski definition) is 0. The normalized spacial score (nSPS) is 27.9. The van der Waals surface area contributed by atoms with Gasteiger partial charge in [0.25, 0.3) is 0 Å². The molecule has 0 saturated heterocycles. The van der Waals surface area contributed by atoms with E-state index >= 15 is 0 Å². The van der Waals surface area contributed by atoms with Gasteiger partial charge in [0.15, 0.2) is 0 Å². The molecular formula is C26H38F4. The third-order valence-electron chi connectivity index (χ3n) is 7.84. The van der Waals surface area contributed by atoms with Crippen LogP contribution in [0, 0.1) is 29.5 Å². The summed E-state index contributed by atoms with van der Waals surface area (Å²) in [6.45, 7) is 2.27. The highest BCUT2D eigenvalue weighted by atomic mass is 19.4. The van der Waals surface area contributed by atoms with E-state index in [9.17, 15) is 17.6 Å². The van der Waals surface area contributed by atoms with Crippen LogP contribution in [0.15, 0.2) is 18.2 Å². The fraction of sp³-hybridized carbons (Fsp3) is 0.769. The zero-order chi connectivity index (χ0) is 21.6. The minimum atomic E-state index is -4.62. The van der Waals surface area contributed by atoms with Crippen LogP contribution < -0.4 is 0 Å². The van der Waals surface area contributed by atoms with Crippen molar-refractivity contribution >= 4 is 0 Å². The molecule has 4 heteroatoms. The van der Waals surface area contributed by atoms with E-state index < -0.39 is 17.6 Å². The van der Waals surface area contributed by atoms with Gasteiger partial charge in [0, 0.05) is 0 Å². The van der Waals surface area contributed by atoms with Crippen LogP contribution in [-0.4, -0.2) is 0 Å². The Morgan fingerprint density at radius 3 is 1.90 bits per heavy atom. The highest BCUT2D eigenvalue weighted by Crippen LogP contribution is 2.43. The molecule has 0 heterocycles. The molecule has 0 amide bonds. The minimum absolute atomic E-state index is 0.603. The predicted octanol–water partition coefficient (Wildman–Crippen LogP) is 8.97. The summed E-state index contributed by atoms with van der Waals surface area (Å²) < 4.78 is 52.2. The number of rotatable bonds is 8. The zero-order valence-corrected chi connectivity index (χ0v) is 18.5. The lowest BCUT2D eigenvalue weighted by atomic mass is 9.68. The van der Waals surface area contributed by atoms with E-state index in [1.807, 2.05) is 0 Å². The Hall–Kier alpha value is -1.06. The molecule has 0 unspecified atom stereocenters. The predicted molar refractivity (Wildman–Crippen MR) is 115 cm³/mol. The van der Waals surface area contributed by atoms with Crippen molar-refractivity contribution in [2.24, 2.45) is 23.7 Å². The van der Waals surface area contributed by atoms with Crippen molar-refractivity contribution in [1.82, 2.24) is 0 Å². The van der Waals surface area contributed by atoms with Gasteiger partial charge in [-0.2, -0.15) is 13.2 Å². The van der Waals surface area contributed by atoms with Crippen LogP contribution in [0.3, 0.4) is 0 Å². The van der Waals surface area contributed by atoms with E-state index in [-0.39, 0.29) is 0 Å². The molecule has 3 rings (SSSR count). The Labute approximate surface area is 179 Å². The van der Waals surface area contributed by atoms with E-state index in [0.717, 1.165) is 36.3 Å². The number of halogens is 4. The molecule has 0 bridgehead atoms. The summed E-state index contributed by atoms with van der Waals surface area (Å²) in [5.41, 5.74) is -0.527. The molecule has 2 aliphatic carbocycles. The quantitative estimate of drug-likeness (QED) is 0.287. The van der Waals surface area contributed by atoms with Gasteiger partial charge < -0.3 is 0 Å². The van der Waals surface area contributed by atoms with Crippen LogP contribution in [0.25, 0.3) is 0 Å². The Morgan fingerprint density at radius 1 is 0.800 bits per heavy atom. The van der Waals surface area contributed by atoms with Gasteiger partial charge in [0.2, 0.25) is 0 Å². The maximum absolute atomic E-state index is 13.5. The second-order valence-electron chi connectivity index (χ2n) is 9.91. The Balaban J connectivity index is 1.38. The van der Waals surface area contributed by atoms with Crippen molar-refractivity contribution in [1.29, 1.82) is 0 Å². The van der Waals surface area contributed by atoms with Crippen LogP contribution in [0.4, 0.5) is 17.6 Å². The first kappa shape index (κ1) is 23.6. The van der Waals surface area contributed by atoms with Gasteiger partial charge in [-0.05, 0) is 79.9 Å². The first-order valence-corrected chi connectivity index (χ1v) is 12.2. The highest BCUT2D eigenvalue weighted by molar-refractivity contribution is 5.27. The molecule has 0 N–H and O–H groups in total. The number of alkyl halides is 3. The van der Waals surface area contributed by atoms with Crippen molar-refractivity contribution < 1.29 is 17.6 Å². The molecule has 30 heavy (non-hydrogen) atoms. The molecule has 0 aliphatic heterocycles. The molecule has 0 radical (unpaired) electrons. The topological polar surface area (TPSA) is 0 Å². The lowest BCUT2D eigenvalue weighted by Gasteiger charge is -2.38. The molecule has 0 spiro atoms. The van der Waals surface area contributed by atoms with Gasteiger partial charge in [-0.3, -0.25) is 0 Å². The monoisotopic (exact) mass is 426 g/mol. The van der Waals surface area contributed by atoms with E-state index in [1.54, 1.807) is 0 Å².